The Hall–Kier alpha value is -0.970. The molecule has 1 heterocycles. The molecule has 0 amide bonds. The van der Waals surface area contributed by atoms with Gasteiger partial charge in [-0.25, -0.2) is 9.37 Å². The highest BCUT2D eigenvalue weighted by Gasteiger charge is 2.13. The maximum Gasteiger partial charge on any atom is 0.152 e. The zero-order valence-corrected chi connectivity index (χ0v) is 10.1. The highest BCUT2D eigenvalue weighted by molar-refractivity contribution is 7.13. The largest absolute Gasteiger partial charge is 0.323 e. The third kappa shape index (κ3) is 2.09. The molecule has 1 unspecified atom stereocenters. The highest BCUT2D eigenvalue weighted by Crippen LogP contribution is 2.30. The van der Waals surface area contributed by atoms with E-state index in [0.717, 1.165) is 5.69 Å². The fourth-order valence-corrected chi connectivity index (χ4v) is 2.40. The van der Waals surface area contributed by atoms with Crippen LogP contribution in [0.5, 0.6) is 0 Å². The van der Waals surface area contributed by atoms with E-state index in [9.17, 15) is 4.39 Å². The number of nitrogens with zero attached hydrogens (tertiary/aromatic N) is 1. The van der Waals surface area contributed by atoms with Gasteiger partial charge in [0.25, 0.3) is 0 Å². The normalized spacial score (nSPS) is 12.8. The number of nitrogens with two attached hydrogens (primary N) is 1. The molecule has 0 saturated carbocycles. The second-order valence-electron chi connectivity index (χ2n) is 3.47. The molecule has 2 rings (SSSR count). The first kappa shape index (κ1) is 11.5. The van der Waals surface area contributed by atoms with Crippen molar-refractivity contribution in [2.45, 2.75) is 13.0 Å². The smallest absolute Gasteiger partial charge is 0.152 e. The molecule has 2 nitrogen and oxygen atoms in total. The first-order valence-electron chi connectivity index (χ1n) is 4.75. The second kappa shape index (κ2) is 4.49. The van der Waals surface area contributed by atoms with Crippen LogP contribution in [0.2, 0.25) is 5.02 Å². The lowest BCUT2D eigenvalue weighted by atomic mass is 10.2. The molecule has 16 heavy (non-hydrogen) atoms. The molecule has 0 radical (unpaired) electrons. The molecule has 0 saturated heterocycles. The molecule has 0 aliphatic rings. The van der Waals surface area contributed by atoms with Gasteiger partial charge >= 0.3 is 0 Å². The summed E-state index contributed by atoms with van der Waals surface area (Å²) >= 11 is 7.07. The van der Waals surface area contributed by atoms with Crippen molar-refractivity contribution in [3.8, 4) is 10.6 Å². The van der Waals surface area contributed by atoms with Crippen LogP contribution in [0.25, 0.3) is 10.6 Å². The fraction of sp³-hybridized carbons (Fsp3) is 0.182. The third-order valence-corrected chi connectivity index (χ3v) is 3.36. The third-order valence-electron chi connectivity index (χ3n) is 2.17. The minimum Gasteiger partial charge on any atom is -0.323 e. The molecule has 1 atom stereocenters. The zero-order valence-electron chi connectivity index (χ0n) is 8.58. The predicted molar refractivity (Wildman–Crippen MR) is 65.1 cm³/mol. The second-order valence-corrected chi connectivity index (χ2v) is 4.73. The predicted octanol–water partition coefficient (Wildman–Crippen LogP) is 3.62. The van der Waals surface area contributed by atoms with Gasteiger partial charge in [-0.3, -0.25) is 0 Å². The molecule has 0 fully saturated rings. The van der Waals surface area contributed by atoms with Crippen LogP contribution in [0.4, 0.5) is 4.39 Å². The van der Waals surface area contributed by atoms with Crippen molar-refractivity contribution in [1.82, 2.24) is 4.98 Å². The van der Waals surface area contributed by atoms with Crippen LogP contribution in [-0.4, -0.2) is 4.98 Å². The minimum absolute atomic E-state index is 0.107. The van der Waals surface area contributed by atoms with E-state index >= 15 is 0 Å². The van der Waals surface area contributed by atoms with Crippen LogP contribution < -0.4 is 5.73 Å². The summed E-state index contributed by atoms with van der Waals surface area (Å²) in [7, 11) is 0. The van der Waals surface area contributed by atoms with Crippen LogP contribution >= 0.6 is 22.9 Å². The van der Waals surface area contributed by atoms with E-state index in [1.165, 1.54) is 17.4 Å². The van der Waals surface area contributed by atoms with Crippen LogP contribution in [0, 0.1) is 5.82 Å². The van der Waals surface area contributed by atoms with Crippen LogP contribution in [0.1, 0.15) is 18.7 Å². The average Bonchev–Trinajstić information content (AvgIpc) is 2.71. The molecule has 1 aromatic carbocycles. The Labute approximate surface area is 102 Å². The van der Waals surface area contributed by atoms with Gasteiger partial charge in [-0.2, -0.15) is 0 Å². The molecular formula is C11H10ClFN2S. The first-order chi connectivity index (χ1) is 7.59. The summed E-state index contributed by atoms with van der Waals surface area (Å²) in [6.45, 7) is 1.84. The van der Waals surface area contributed by atoms with Gasteiger partial charge in [-0.1, -0.05) is 17.7 Å². The summed E-state index contributed by atoms with van der Waals surface area (Å²) in [6.07, 6.45) is 0. The van der Waals surface area contributed by atoms with E-state index in [-0.39, 0.29) is 11.1 Å². The number of hydrogen-bond acceptors (Lipinski definition) is 3. The average molecular weight is 257 g/mol. The summed E-state index contributed by atoms with van der Waals surface area (Å²) in [5.41, 5.74) is 6.88. The molecule has 0 aliphatic carbocycles. The summed E-state index contributed by atoms with van der Waals surface area (Å²) in [5, 5.41) is 2.54. The number of halogens is 2. The van der Waals surface area contributed by atoms with E-state index in [4.69, 9.17) is 17.3 Å². The van der Waals surface area contributed by atoms with Crippen LogP contribution in [0.15, 0.2) is 23.6 Å². The first-order valence-corrected chi connectivity index (χ1v) is 6.00. The maximum absolute atomic E-state index is 13.7. The van der Waals surface area contributed by atoms with Crippen molar-refractivity contribution in [3.63, 3.8) is 0 Å². The SMILES string of the molecule is CC(N)c1csc(-c2cccc(Cl)c2F)n1. The topological polar surface area (TPSA) is 38.9 Å². The summed E-state index contributed by atoms with van der Waals surface area (Å²) < 4.78 is 13.7. The van der Waals surface area contributed by atoms with Crippen LogP contribution in [0.3, 0.4) is 0 Å². The quantitative estimate of drug-likeness (QED) is 0.891. The van der Waals surface area contributed by atoms with E-state index in [0.29, 0.717) is 10.6 Å². The van der Waals surface area contributed by atoms with Crippen molar-refractivity contribution in [2.24, 2.45) is 5.73 Å². The summed E-state index contributed by atoms with van der Waals surface area (Å²) in [4.78, 5) is 4.28. The molecule has 0 aliphatic heterocycles. The van der Waals surface area contributed by atoms with Gasteiger partial charge in [-0.05, 0) is 19.1 Å². The van der Waals surface area contributed by atoms with Gasteiger partial charge in [0.15, 0.2) is 5.82 Å². The van der Waals surface area contributed by atoms with E-state index in [1.54, 1.807) is 12.1 Å². The molecule has 2 aromatic rings. The zero-order chi connectivity index (χ0) is 11.7. The molecule has 1 aromatic heterocycles. The van der Waals surface area contributed by atoms with Crippen molar-refractivity contribution >= 4 is 22.9 Å². The van der Waals surface area contributed by atoms with Crippen molar-refractivity contribution < 1.29 is 4.39 Å². The lowest BCUT2D eigenvalue weighted by molar-refractivity contribution is 0.631. The van der Waals surface area contributed by atoms with E-state index in [1.807, 2.05) is 12.3 Å². The summed E-state index contributed by atoms with van der Waals surface area (Å²) in [6, 6.07) is 4.73. The Morgan fingerprint density at radius 1 is 1.50 bits per heavy atom. The Morgan fingerprint density at radius 3 is 2.88 bits per heavy atom. The molecule has 0 spiro atoms. The van der Waals surface area contributed by atoms with Gasteiger partial charge in [0.2, 0.25) is 0 Å². The molecular weight excluding hydrogens is 247 g/mol. The number of thiazole rings is 1. The Morgan fingerprint density at radius 2 is 2.25 bits per heavy atom. The van der Waals surface area contributed by atoms with E-state index in [2.05, 4.69) is 4.98 Å². The standard InChI is InChI=1S/C11H10ClFN2S/c1-6(14)9-5-16-11(15-9)7-3-2-4-8(12)10(7)13/h2-6H,14H2,1H3. The molecule has 2 N–H and O–H groups in total. The van der Waals surface area contributed by atoms with E-state index < -0.39 is 5.82 Å². The monoisotopic (exact) mass is 256 g/mol. The Balaban J connectivity index is 2.47. The number of rotatable bonds is 2. The van der Waals surface area contributed by atoms with Gasteiger partial charge < -0.3 is 5.73 Å². The van der Waals surface area contributed by atoms with Crippen molar-refractivity contribution in [1.29, 1.82) is 0 Å². The Kier molecular flexibility index (Phi) is 3.23. The number of benzene rings is 1. The minimum atomic E-state index is -0.435. The van der Waals surface area contributed by atoms with Gasteiger partial charge in [-0.15, -0.1) is 11.3 Å². The summed E-state index contributed by atoms with van der Waals surface area (Å²) in [5.74, 6) is -0.435. The van der Waals surface area contributed by atoms with Gasteiger partial charge in [0.05, 0.1) is 10.7 Å². The fourth-order valence-electron chi connectivity index (χ4n) is 1.29. The highest BCUT2D eigenvalue weighted by atomic mass is 35.5. The van der Waals surface area contributed by atoms with Crippen LogP contribution in [-0.2, 0) is 0 Å². The lowest BCUT2D eigenvalue weighted by Crippen LogP contribution is -2.04. The number of hydrogen-bond donors (Lipinski definition) is 1. The van der Waals surface area contributed by atoms with Crippen molar-refractivity contribution in [3.05, 3.63) is 40.1 Å². The lowest BCUT2D eigenvalue weighted by Gasteiger charge is -2.01. The van der Waals surface area contributed by atoms with Crippen molar-refractivity contribution in [2.75, 3.05) is 0 Å². The van der Waals surface area contributed by atoms with Gasteiger partial charge in [0, 0.05) is 17.0 Å². The number of aromatic nitrogens is 1. The maximum atomic E-state index is 13.7. The molecule has 84 valence electrons. The van der Waals surface area contributed by atoms with Gasteiger partial charge in [0.1, 0.15) is 5.01 Å². The molecule has 5 heteroatoms. The Bertz CT molecular complexity index is 510. The molecule has 0 bridgehead atoms.